The summed E-state index contributed by atoms with van der Waals surface area (Å²) >= 11 is 1.59. The van der Waals surface area contributed by atoms with Crippen LogP contribution in [-0.2, 0) is 4.79 Å². The Morgan fingerprint density at radius 3 is 2.74 bits per heavy atom. The molecule has 1 aromatic carbocycles. The van der Waals surface area contributed by atoms with Gasteiger partial charge in [0.25, 0.3) is 5.91 Å². The van der Waals surface area contributed by atoms with Gasteiger partial charge in [-0.05, 0) is 57.4 Å². The fourth-order valence-corrected chi connectivity index (χ4v) is 4.31. The summed E-state index contributed by atoms with van der Waals surface area (Å²) in [5, 5.41) is 11.0. The van der Waals surface area contributed by atoms with Crippen LogP contribution in [-0.4, -0.2) is 21.4 Å². The molecule has 1 aliphatic heterocycles. The quantitative estimate of drug-likeness (QED) is 0.262. The molecule has 1 aliphatic rings. The molecule has 0 bridgehead atoms. The molecule has 7 heteroatoms. The molecule has 182 valence electrons. The largest absolute Gasteiger partial charge is 0.361 e. The number of hydrazine groups is 1. The van der Waals surface area contributed by atoms with Gasteiger partial charge in [0.2, 0.25) is 0 Å². The van der Waals surface area contributed by atoms with Crippen LogP contribution >= 0.6 is 11.3 Å². The average Bonchev–Trinajstić information content (AvgIpc) is 3.37. The van der Waals surface area contributed by atoms with Gasteiger partial charge in [0, 0.05) is 17.3 Å². The first-order chi connectivity index (χ1) is 16.3. The zero-order valence-corrected chi connectivity index (χ0v) is 21.9. The van der Waals surface area contributed by atoms with Crippen LogP contribution in [0.3, 0.4) is 0 Å². The highest BCUT2D eigenvalue weighted by Crippen LogP contribution is 2.35. The third kappa shape index (κ3) is 6.46. The lowest BCUT2D eigenvalue weighted by molar-refractivity contribution is -0.113. The Morgan fingerprint density at radius 1 is 1.38 bits per heavy atom. The van der Waals surface area contributed by atoms with Gasteiger partial charge in [-0.1, -0.05) is 56.9 Å². The summed E-state index contributed by atoms with van der Waals surface area (Å²) in [5.74, 6) is 6.82. The number of nitrogens with zero attached hydrogens (tertiary/aromatic N) is 2. The Bertz CT molecular complexity index is 1070. The Balaban J connectivity index is 0.00000199. The minimum Gasteiger partial charge on any atom is -0.361 e. The van der Waals surface area contributed by atoms with Crippen LogP contribution in [0.5, 0.6) is 0 Å². The lowest BCUT2D eigenvalue weighted by Gasteiger charge is -2.46. The molecule has 0 spiro atoms. The number of anilines is 1. The van der Waals surface area contributed by atoms with E-state index in [0.717, 1.165) is 22.6 Å². The fourth-order valence-electron chi connectivity index (χ4n) is 3.62. The molecule has 1 aromatic heterocycles. The second kappa shape index (κ2) is 12.3. The molecule has 6 nitrogen and oxygen atoms in total. The van der Waals surface area contributed by atoms with Gasteiger partial charge >= 0.3 is 0 Å². The molecule has 2 aromatic rings. The summed E-state index contributed by atoms with van der Waals surface area (Å²) in [6.45, 7) is 15.8. The van der Waals surface area contributed by atoms with Crippen molar-refractivity contribution in [3.05, 3.63) is 88.7 Å². The van der Waals surface area contributed by atoms with Crippen LogP contribution in [0, 0.1) is 0 Å². The highest BCUT2D eigenvalue weighted by molar-refractivity contribution is 7.09. The number of hydrogen-bond donors (Lipinski definition) is 3. The predicted molar refractivity (Wildman–Crippen MR) is 145 cm³/mol. The van der Waals surface area contributed by atoms with Crippen molar-refractivity contribution in [1.82, 2.24) is 15.3 Å². The molecule has 2 heterocycles. The van der Waals surface area contributed by atoms with Crippen LogP contribution in [0.2, 0.25) is 0 Å². The van der Waals surface area contributed by atoms with E-state index in [-0.39, 0.29) is 17.5 Å². The number of nitrogens with one attached hydrogen (secondary N) is 2. The summed E-state index contributed by atoms with van der Waals surface area (Å²) in [5.41, 5.74) is 2.83. The summed E-state index contributed by atoms with van der Waals surface area (Å²) in [7, 11) is 0. The normalized spacial score (nSPS) is 19.1. The topological polar surface area (TPSA) is 83.3 Å². The van der Waals surface area contributed by atoms with Crippen LogP contribution in [0.4, 0.5) is 5.69 Å². The molecule has 0 aliphatic carbocycles. The maximum atomic E-state index is 13.1. The number of aromatic nitrogens is 1. The van der Waals surface area contributed by atoms with Gasteiger partial charge in [-0.25, -0.2) is 10.8 Å². The van der Waals surface area contributed by atoms with E-state index in [9.17, 15) is 4.79 Å². The van der Waals surface area contributed by atoms with Gasteiger partial charge < -0.3 is 10.6 Å². The van der Waals surface area contributed by atoms with E-state index in [1.807, 2.05) is 68.6 Å². The lowest BCUT2D eigenvalue weighted by atomic mass is 9.91. The van der Waals surface area contributed by atoms with Crippen molar-refractivity contribution in [2.24, 2.45) is 5.84 Å². The number of hydrogen-bond acceptors (Lipinski definition) is 6. The average molecular weight is 480 g/mol. The Labute approximate surface area is 207 Å². The maximum absolute atomic E-state index is 13.1. The van der Waals surface area contributed by atoms with Gasteiger partial charge in [-0.2, -0.15) is 0 Å². The first-order valence-corrected chi connectivity index (χ1v) is 12.4. The molecule has 0 radical (unpaired) electrons. The molecule has 3 rings (SSSR count). The van der Waals surface area contributed by atoms with Crippen molar-refractivity contribution in [2.75, 3.05) is 5.32 Å². The predicted octanol–water partition coefficient (Wildman–Crippen LogP) is 6.17. The number of nitrogens with two attached hydrogens (primary N) is 1. The van der Waals surface area contributed by atoms with Crippen molar-refractivity contribution in [2.45, 2.75) is 59.5 Å². The lowest BCUT2D eigenvalue weighted by Crippen LogP contribution is -2.58. The summed E-state index contributed by atoms with van der Waals surface area (Å²) in [6, 6.07) is 7.70. The van der Waals surface area contributed by atoms with Crippen LogP contribution in [0.15, 0.2) is 78.1 Å². The molecular formula is C27H37N5OS. The van der Waals surface area contributed by atoms with E-state index < -0.39 is 0 Å². The zero-order chi connectivity index (χ0) is 25.3. The highest BCUT2D eigenvalue weighted by atomic mass is 32.1. The summed E-state index contributed by atoms with van der Waals surface area (Å²) < 4.78 is 0. The molecule has 4 N–H and O–H groups in total. The van der Waals surface area contributed by atoms with E-state index in [0.29, 0.717) is 17.1 Å². The zero-order valence-electron chi connectivity index (χ0n) is 21.1. The number of allylic oxidation sites excluding steroid dienone is 5. The van der Waals surface area contributed by atoms with Gasteiger partial charge in [-0.15, -0.1) is 11.3 Å². The Hall–Kier alpha value is -3.16. The van der Waals surface area contributed by atoms with Crippen LogP contribution in [0.1, 0.15) is 64.6 Å². The minimum absolute atomic E-state index is 0.00205. The highest BCUT2D eigenvalue weighted by Gasteiger charge is 2.38. The van der Waals surface area contributed by atoms with Crippen molar-refractivity contribution < 1.29 is 4.79 Å². The monoisotopic (exact) mass is 479 g/mol. The molecule has 1 fully saturated rings. The van der Waals surface area contributed by atoms with Crippen molar-refractivity contribution >= 4 is 28.5 Å². The first kappa shape index (κ1) is 27.1. The number of benzene rings is 1. The van der Waals surface area contributed by atoms with E-state index in [2.05, 4.69) is 36.0 Å². The maximum Gasteiger partial charge on any atom is 0.254 e. The van der Waals surface area contributed by atoms with E-state index >= 15 is 0 Å². The first-order valence-electron chi connectivity index (χ1n) is 11.6. The van der Waals surface area contributed by atoms with Crippen molar-refractivity contribution in [3.63, 3.8) is 0 Å². The van der Waals surface area contributed by atoms with Crippen LogP contribution < -0.4 is 16.5 Å². The smallest absolute Gasteiger partial charge is 0.254 e. The SMILES string of the molecule is C=C/C(=C\C=C/C)c1cccc(NC(=O)/C(C)=C2\NC(c3nccs3)CC(C)(C)N2N)c1.CC. The van der Waals surface area contributed by atoms with E-state index in [1.54, 1.807) is 35.5 Å². The van der Waals surface area contributed by atoms with E-state index in [1.165, 1.54) is 0 Å². The third-order valence-corrected chi connectivity index (χ3v) is 6.38. The minimum atomic E-state index is -0.338. The Morgan fingerprint density at radius 2 is 2.12 bits per heavy atom. The van der Waals surface area contributed by atoms with E-state index in [4.69, 9.17) is 5.84 Å². The van der Waals surface area contributed by atoms with Crippen LogP contribution in [0.25, 0.3) is 5.57 Å². The number of carbonyl (C=O) groups excluding carboxylic acids is 1. The van der Waals surface area contributed by atoms with Gasteiger partial charge in [0.1, 0.15) is 10.8 Å². The molecule has 34 heavy (non-hydrogen) atoms. The number of amides is 1. The van der Waals surface area contributed by atoms with Gasteiger partial charge in [-0.3, -0.25) is 9.80 Å². The van der Waals surface area contributed by atoms with Gasteiger partial charge in [0.05, 0.1) is 17.2 Å². The summed E-state index contributed by atoms with van der Waals surface area (Å²) in [4.78, 5) is 17.6. The number of carbonyl (C=O) groups is 1. The fraction of sp³-hybridized carbons (Fsp3) is 0.333. The molecule has 1 atom stereocenters. The molecule has 1 amide bonds. The Kier molecular flexibility index (Phi) is 9.83. The standard InChI is InChI=1S/C25H31N5OS.C2H6/c1-6-8-10-18(7-2)19-11-9-12-20(15-19)28-23(31)17(3)22-29-21(24-27-13-14-32-24)16-25(4,5)30(22)26;1-2/h6-15,21,29H,2,16,26H2,1,3-5H3,(H,28,31);1-2H3/b8-6-,18-10+,22-17+;. The van der Waals surface area contributed by atoms with Crippen molar-refractivity contribution in [3.8, 4) is 0 Å². The third-order valence-electron chi connectivity index (χ3n) is 5.49. The summed E-state index contributed by atoms with van der Waals surface area (Å²) in [6.07, 6.45) is 10.3. The second-order valence-electron chi connectivity index (χ2n) is 8.31. The molecule has 1 unspecified atom stereocenters. The van der Waals surface area contributed by atoms with Crippen molar-refractivity contribution in [1.29, 1.82) is 0 Å². The second-order valence-corrected chi connectivity index (χ2v) is 9.24. The molecular weight excluding hydrogens is 442 g/mol. The number of thiazole rings is 1. The molecule has 1 saturated heterocycles. The van der Waals surface area contributed by atoms with Gasteiger partial charge in [0.15, 0.2) is 0 Å². The number of rotatable bonds is 6. The molecule has 0 saturated carbocycles.